The van der Waals surface area contributed by atoms with Crippen LogP contribution in [0, 0.1) is 16.7 Å². The molecular formula is C12H14N2O. The van der Waals surface area contributed by atoms with Crippen molar-refractivity contribution in [3.05, 3.63) is 24.3 Å². The predicted octanol–water partition coefficient (Wildman–Crippen LogP) is 2.41. The SMILES string of the molecule is COc1ccc(NCC2(C#N)CC2)cc1. The molecule has 3 heteroatoms. The Balaban J connectivity index is 1.91. The standard InChI is InChI=1S/C12H14N2O/c1-15-11-4-2-10(3-5-11)14-9-12(8-13)6-7-12/h2-5,14H,6-7,9H2,1H3. The maximum atomic E-state index is 8.91. The summed E-state index contributed by atoms with van der Waals surface area (Å²) >= 11 is 0. The second-order valence-corrected chi connectivity index (χ2v) is 3.97. The highest BCUT2D eigenvalue weighted by Gasteiger charge is 2.42. The molecular weight excluding hydrogens is 188 g/mol. The molecule has 1 N–H and O–H groups in total. The Morgan fingerprint density at radius 3 is 2.53 bits per heavy atom. The fourth-order valence-corrected chi connectivity index (χ4v) is 1.46. The van der Waals surface area contributed by atoms with Gasteiger partial charge in [-0.2, -0.15) is 5.26 Å². The summed E-state index contributed by atoms with van der Waals surface area (Å²) in [5, 5.41) is 12.2. The van der Waals surface area contributed by atoms with E-state index in [-0.39, 0.29) is 5.41 Å². The number of ether oxygens (including phenoxy) is 1. The van der Waals surface area contributed by atoms with Crippen LogP contribution in [0.15, 0.2) is 24.3 Å². The van der Waals surface area contributed by atoms with Gasteiger partial charge in [0.1, 0.15) is 5.75 Å². The molecule has 0 spiro atoms. The summed E-state index contributed by atoms with van der Waals surface area (Å²) in [6.45, 7) is 0.746. The van der Waals surface area contributed by atoms with Gasteiger partial charge in [-0.15, -0.1) is 0 Å². The highest BCUT2D eigenvalue weighted by molar-refractivity contribution is 5.47. The number of rotatable bonds is 4. The van der Waals surface area contributed by atoms with Crippen LogP contribution in [0.1, 0.15) is 12.8 Å². The molecule has 0 radical (unpaired) electrons. The maximum absolute atomic E-state index is 8.91. The number of nitrogens with zero attached hydrogens (tertiary/aromatic N) is 1. The van der Waals surface area contributed by atoms with Gasteiger partial charge in [0.05, 0.1) is 18.6 Å². The second-order valence-electron chi connectivity index (χ2n) is 3.97. The third-order valence-electron chi connectivity index (χ3n) is 2.81. The van der Waals surface area contributed by atoms with E-state index in [9.17, 15) is 0 Å². The molecule has 0 aromatic heterocycles. The zero-order chi connectivity index (χ0) is 10.7. The molecule has 78 valence electrons. The quantitative estimate of drug-likeness (QED) is 0.815. The van der Waals surface area contributed by atoms with Crippen LogP contribution >= 0.6 is 0 Å². The summed E-state index contributed by atoms with van der Waals surface area (Å²) in [5.74, 6) is 0.849. The molecule has 0 atom stereocenters. The van der Waals surface area contributed by atoms with E-state index < -0.39 is 0 Å². The average Bonchev–Trinajstić information content (AvgIpc) is 3.08. The van der Waals surface area contributed by atoms with Crippen LogP contribution in [0.4, 0.5) is 5.69 Å². The van der Waals surface area contributed by atoms with Crippen molar-refractivity contribution in [3.8, 4) is 11.8 Å². The molecule has 15 heavy (non-hydrogen) atoms. The van der Waals surface area contributed by atoms with Crippen LogP contribution < -0.4 is 10.1 Å². The normalized spacial score (nSPS) is 16.5. The summed E-state index contributed by atoms with van der Waals surface area (Å²) in [4.78, 5) is 0. The van der Waals surface area contributed by atoms with E-state index in [2.05, 4.69) is 11.4 Å². The molecule has 3 nitrogen and oxygen atoms in total. The Bertz CT molecular complexity index is 374. The molecule has 1 fully saturated rings. The Kier molecular flexibility index (Phi) is 2.51. The van der Waals surface area contributed by atoms with Gasteiger partial charge in [0.25, 0.3) is 0 Å². The molecule has 2 rings (SSSR count). The van der Waals surface area contributed by atoms with E-state index in [0.717, 1.165) is 30.8 Å². The van der Waals surface area contributed by atoms with Crippen molar-refractivity contribution in [2.24, 2.45) is 5.41 Å². The average molecular weight is 202 g/mol. The molecule has 1 aliphatic rings. The lowest BCUT2D eigenvalue weighted by atomic mass is 10.1. The van der Waals surface area contributed by atoms with E-state index in [1.54, 1.807) is 7.11 Å². The van der Waals surface area contributed by atoms with Crippen molar-refractivity contribution < 1.29 is 4.74 Å². The topological polar surface area (TPSA) is 45.0 Å². The van der Waals surface area contributed by atoms with Crippen molar-refractivity contribution in [1.82, 2.24) is 0 Å². The van der Waals surface area contributed by atoms with Gasteiger partial charge in [0.15, 0.2) is 0 Å². The van der Waals surface area contributed by atoms with Crippen LogP contribution in [-0.2, 0) is 0 Å². The lowest BCUT2D eigenvalue weighted by Crippen LogP contribution is -2.13. The zero-order valence-electron chi connectivity index (χ0n) is 8.79. The van der Waals surface area contributed by atoms with Gasteiger partial charge >= 0.3 is 0 Å². The lowest BCUT2D eigenvalue weighted by molar-refractivity contribution is 0.415. The predicted molar refractivity (Wildman–Crippen MR) is 58.8 cm³/mol. The van der Waals surface area contributed by atoms with Gasteiger partial charge in [0, 0.05) is 12.2 Å². The van der Waals surface area contributed by atoms with Crippen LogP contribution in [0.2, 0.25) is 0 Å². The van der Waals surface area contributed by atoms with E-state index in [1.807, 2.05) is 24.3 Å². The largest absolute Gasteiger partial charge is 0.497 e. The van der Waals surface area contributed by atoms with Crippen LogP contribution in [0.25, 0.3) is 0 Å². The minimum atomic E-state index is -0.0973. The molecule has 1 saturated carbocycles. The summed E-state index contributed by atoms with van der Waals surface area (Å²) in [5.41, 5.74) is 0.942. The minimum Gasteiger partial charge on any atom is -0.497 e. The van der Waals surface area contributed by atoms with Gasteiger partial charge in [-0.1, -0.05) is 0 Å². The first-order chi connectivity index (χ1) is 7.28. The van der Waals surface area contributed by atoms with E-state index >= 15 is 0 Å². The molecule has 0 saturated heterocycles. The Hall–Kier alpha value is -1.69. The molecule has 0 heterocycles. The summed E-state index contributed by atoms with van der Waals surface area (Å²) in [6, 6.07) is 10.1. The first-order valence-corrected chi connectivity index (χ1v) is 5.07. The Morgan fingerprint density at radius 1 is 1.40 bits per heavy atom. The molecule has 0 unspecified atom stereocenters. The van der Waals surface area contributed by atoms with Gasteiger partial charge in [-0.25, -0.2) is 0 Å². The number of anilines is 1. The fourth-order valence-electron chi connectivity index (χ4n) is 1.46. The van der Waals surface area contributed by atoms with Crippen molar-refractivity contribution in [3.63, 3.8) is 0 Å². The summed E-state index contributed by atoms with van der Waals surface area (Å²) < 4.78 is 5.07. The Morgan fingerprint density at radius 2 is 2.07 bits per heavy atom. The molecule has 1 aromatic rings. The van der Waals surface area contributed by atoms with Crippen LogP contribution in [0.5, 0.6) is 5.75 Å². The smallest absolute Gasteiger partial charge is 0.119 e. The lowest BCUT2D eigenvalue weighted by Gasteiger charge is -2.09. The number of benzene rings is 1. The highest BCUT2D eigenvalue weighted by atomic mass is 16.5. The summed E-state index contributed by atoms with van der Waals surface area (Å²) in [7, 11) is 1.65. The second kappa shape index (κ2) is 3.82. The zero-order valence-corrected chi connectivity index (χ0v) is 8.79. The molecule has 1 aromatic carbocycles. The molecule has 1 aliphatic carbocycles. The first-order valence-electron chi connectivity index (χ1n) is 5.07. The molecule has 0 amide bonds. The van der Waals surface area contributed by atoms with E-state index in [1.165, 1.54) is 0 Å². The number of hydrogen-bond acceptors (Lipinski definition) is 3. The van der Waals surface area contributed by atoms with Gasteiger partial charge < -0.3 is 10.1 Å². The maximum Gasteiger partial charge on any atom is 0.119 e. The first kappa shape index (κ1) is 9.85. The van der Waals surface area contributed by atoms with Crippen LogP contribution in [-0.4, -0.2) is 13.7 Å². The van der Waals surface area contributed by atoms with E-state index in [0.29, 0.717) is 0 Å². The van der Waals surface area contributed by atoms with Gasteiger partial charge in [0.2, 0.25) is 0 Å². The van der Waals surface area contributed by atoms with Crippen molar-refractivity contribution >= 4 is 5.69 Å². The number of nitrogens with one attached hydrogen (secondary N) is 1. The minimum absolute atomic E-state index is 0.0973. The monoisotopic (exact) mass is 202 g/mol. The molecule has 0 aliphatic heterocycles. The van der Waals surface area contributed by atoms with Crippen molar-refractivity contribution in [1.29, 1.82) is 5.26 Å². The fraction of sp³-hybridized carbons (Fsp3) is 0.417. The number of nitriles is 1. The van der Waals surface area contributed by atoms with Crippen LogP contribution in [0.3, 0.4) is 0 Å². The van der Waals surface area contributed by atoms with Gasteiger partial charge in [-0.3, -0.25) is 0 Å². The molecule has 0 bridgehead atoms. The third kappa shape index (κ3) is 2.21. The van der Waals surface area contributed by atoms with Crippen molar-refractivity contribution in [2.75, 3.05) is 19.0 Å². The number of methoxy groups -OCH3 is 1. The summed E-state index contributed by atoms with van der Waals surface area (Å²) in [6.07, 6.45) is 2.04. The van der Waals surface area contributed by atoms with E-state index in [4.69, 9.17) is 10.00 Å². The Labute approximate surface area is 89.7 Å². The third-order valence-corrected chi connectivity index (χ3v) is 2.81. The van der Waals surface area contributed by atoms with Crippen molar-refractivity contribution in [2.45, 2.75) is 12.8 Å². The number of hydrogen-bond donors (Lipinski definition) is 1. The van der Waals surface area contributed by atoms with Gasteiger partial charge in [-0.05, 0) is 37.1 Å². The highest BCUT2D eigenvalue weighted by Crippen LogP contribution is 2.44.